The number of nitrogens with zero attached hydrogens (tertiary/aromatic N) is 1. The van der Waals surface area contributed by atoms with E-state index >= 15 is 0 Å². The summed E-state index contributed by atoms with van der Waals surface area (Å²) in [6.07, 6.45) is 3.73. The maximum Gasteiger partial charge on any atom is 0.270 e. The normalized spacial score (nSPS) is 10.9. The van der Waals surface area contributed by atoms with Crippen LogP contribution in [0.5, 0.6) is 0 Å². The van der Waals surface area contributed by atoms with Gasteiger partial charge in [-0.25, -0.2) is 12.8 Å². The molecule has 0 fully saturated rings. The molecule has 0 atom stereocenters. The molecule has 1 amide bonds. The van der Waals surface area contributed by atoms with Gasteiger partial charge in [-0.2, -0.15) is 0 Å². The first-order valence-corrected chi connectivity index (χ1v) is 11.0. The zero-order valence-electron chi connectivity index (χ0n) is 15.7. The molecule has 0 saturated heterocycles. The van der Waals surface area contributed by atoms with E-state index in [2.05, 4.69) is 12.3 Å². The number of carbonyl (C=O) groups excluding carboxylic acids is 1. The quantitative estimate of drug-likeness (QED) is 0.373. The minimum Gasteiger partial charge on any atom is -0.271 e. The number of nitrogens with one attached hydrogen (secondary N) is 1. The molecule has 0 saturated carbocycles. The summed E-state index contributed by atoms with van der Waals surface area (Å²) >= 11 is 11.2. The Bertz CT molecular complexity index is 840. The van der Waals surface area contributed by atoms with Gasteiger partial charge >= 0.3 is 0 Å². The van der Waals surface area contributed by atoms with Gasteiger partial charge in [-0.05, 0) is 30.7 Å². The van der Waals surface area contributed by atoms with E-state index in [0.29, 0.717) is 4.41 Å². The molecular formula is C19H23Cl2FN2O3S. The molecule has 2 aromatic rings. The number of amides is 1. The predicted octanol–water partition coefficient (Wildman–Crippen LogP) is 4.86. The van der Waals surface area contributed by atoms with Gasteiger partial charge in [0.25, 0.3) is 15.9 Å². The van der Waals surface area contributed by atoms with Crippen LogP contribution in [0.4, 0.5) is 4.39 Å². The standard InChI is InChI=1S/C14H12ClFN2O3S.C5H11Cl/c1-18(22(20,21)10-6-3-2-4-7-10)17-14(19)13-11(15)8-5-9-12(13)16;1-2-3-4-5-6/h2-9H,1H3,(H,17,19);2-5H2,1H3. The zero-order chi connectivity index (χ0) is 21.2. The first-order valence-electron chi connectivity index (χ1n) is 8.60. The van der Waals surface area contributed by atoms with E-state index in [9.17, 15) is 17.6 Å². The Morgan fingerprint density at radius 2 is 1.75 bits per heavy atom. The summed E-state index contributed by atoms with van der Waals surface area (Å²) in [4.78, 5) is 12.0. The fourth-order valence-corrected chi connectivity index (χ4v) is 3.53. The third-order valence-electron chi connectivity index (χ3n) is 3.59. The van der Waals surface area contributed by atoms with Crippen LogP contribution in [0.3, 0.4) is 0 Å². The first-order chi connectivity index (χ1) is 13.3. The number of hydrogen-bond acceptors (Lipinski definition) is 3. The summed E-state index contributed by atoms with van der Waals surface area (Å²) in [6, 6.07) is 11.3. The van der Waals surface area contributed by atoms with Crippen molar-refractivity contribution in [1.82, 2.24) is 9.84 Å². The van der Waals surface area contributed by atoms with Crippen molar-refractivity contribution in [2.24, 2.45) is 0 Å². The Morgan fingerprint density at radius 1 is 1.11 bits per heavy atom. The van der Waals surface area contributed by atoms with Gasteiger partial charge in [-0.1, -0.05) is 55.6 Å². The van der Waals surface area contributed by atoms with Crippen LogP contribution in [0.15, 0.2) is 53.4 Å². The molecule has 5 nitrogen and oxygen atoms in total. The lowest BCUT2D eigenvalue weighted by Crippen LogP contribution is -2.43. The number of sulfonamides is 1. The molecule has 0 unspecified atom stereocenters. The molecule has 1 N–H and O–H groups in total. The minimum absolute atomic E-state index is 0.00238. The SMILES string of the molecule is CCCCCCl.CN(NC(=O)c1c(F)cccc1Cl)S(=O)(=O)c1ccccc1. The Kier molecular flexibility index (Phi) is 10.5. The van der Waals surface area contributed by atoms with Crippen LogP contribution >= 0.6 is 23.2 Å². The van der Waals surface area contributed by atoms with Gasteiger partial charge < -0.3 is 0 Å². The number of unbranched alkanes of at least 4 members (excludes halogenated alkanes) is 2. The minimum atomic E-state index is -3.93. The monoisotopic (exact) mass is 448 g/mol. The lowest BCUT2D eigenvalue weighted by atomic mass is 10.2. The predicted molar refractivity (Wildman–Crippen MR) is 111 cm³/mol. The fraction of sp³-hybridized carbons (Fsp3) is 0.316. The second kappa shape index (κ2) is 12.0. The summed E-state index contributed by atoms with van der Waals surface area (Å²) in [5.41, 5.74) is 1.68. The number of hydrogen-bond donors (Lipinski definition) is 1. The third-order valence-corrected chi connectivity index (χ3v) is 5.85. The Morgan fingerprint density at radius 3 is 2.25 bits per heavy atom. The third kappa shape index (κ3) is 7.05. The van der Waals surface area contributed by atoms with Gasteiger partial charge in [0.2, 0.25) is 0 Å². The van der Waals surface area contributed by atoms with Crippen molar-refractivity contribution in [3.8, 4) is 0 Å². The molecule has 9 heteroatoms. The van der Waals surface area contributed by atoms with Gasteiger partial charge in [0.1, 0.15) is 5.82 Å². The van der Waals surface area contributed by atoms with E-state index in [4.69, 9.17) is 23.2 Å². The molecule has 0 bridgehead atoms. The molecule has 0 spiro atoms. The van der Waals surface area contributed by atoms with Crippen molar-refractivity contribution < 1.29 is 17.6 Å². The van der Waals surface area contributed by atoms with Gasteiger partial charge in [-0.3, -0.25) is 10.2 Å². The summed E-state index contributed by atoms with van der Waals surface area (Å²) in [6.45, 7) is 2.17. The first kappa shape index (κ1) is 24.4. The van der Waals surface area contributed by atoms with E-state index in [0.717, 1.165) is 19.0 Å². The van der Waals surface area contributed by atoms with Crippen molar-refractivity contribution >= 4 is 39.1 Å². The highest BCUT2D eigenvalue weighted by atomic mass is 35.5. The molecule has 0 aliphatic rings. The number of hydrazine groups is 1. The number of carbonyl (C=O) groups is 1. The number of rotatable bonds is 7. The fourth-order valence-electron chi connectivity index (χ4n) is 2.07. The van der Waals surface area contributed by atoms with Crippen LogP contribution in [0.25, 0.3) is 0 Å². The molecule has 2 aromatic carbocycles. The number of benzene rings is 2. The van der Waals surface area contributed by atoms with Gasteiger partial charge in [0, 0.05) is 12.9 Å². The van der Waals surface area contributed by atoms with E-state index in [1.54, 1.807) is 18.2 Å². The maximum absolute atomic E-state index is 13.7. The maximum atomic E-state index is 13.7. The molecule has 0 heterocycles. The summed E-state index contributed by atoms with van der Waals surface area (Å²) in [7, 11) is -2.78. The molecule has 0 radical (unpaired) electrons. The lowest BCUT2D eigenvalue weighted by Gasteiger charge is -2.18. The highest BCUT2D eigenvalue weighted by Crippen LogP contribution is 2.19. The van der Waals surface area contributed by atoms with Crippen LogP contribution in [0.2, 0.25) is 5.02 Å². The molecule has 0 aliphatic carbocycles. The van der Waals surface area contributed by atoms with Gasteiger partial charge in [0.05, 0.1) is 15.5 Å². The molecule has 0 aliphatic heterocycles. The van der Waals surface area contributed by atoms with Crippen molar-refractivity contribution in [1.29, 1.82) is 0 Å². The van der Waals surface area contributed by atoms with Gasteiger partial charge in [-0.15, -0.1) is 16.0 Å². The second-order valence-corrected chi connectivity index (χ2v) is 8.47. The topological polar surface area (TPSA) is 66.5 Å². The molecule has 154 valence electrons. The number of alkyl halides is 1. The Hall–Kier alpha value is -1.67. The average Bonchev–Trinajstić information content (AvgIpc) is 2.67. The average molecular weight is 449 g/mol. The van der Waals surface area contributed by atoms with E-state index in [1.807, 2.05) is 0 Å². The van der Waals surface area contributed by atoms with Crippen molar-refractivity contribution in [3.05, 3.63) is 64.9 Å². The Balaban J connectivity index is 0.000000568. The molecule has 2 rings (SSSR count). The van der Waals surface area contributed by atoms with Crippen LogP contribution < -0.4 is 5.43 Å². The van der Waals surface area contributed by atoms with Crippen LogP contribution in [-0.4, -0.2) is 31.7 Å². The summed E-state index contributed by atoms with van der Waals surface area (Å²) < 4.78 is 38.8. The van der Waals surface area contributed by atoms with Crippen molar-refractivity contribution in [3.63, 3.8) is 0 Å². The van der Waals surface area contributed by atoms with Gasteiger partial charge in [0.15, 0.2) is 0 Å². The van der Waals surface area contributed by atoms with Crippen LogP contribution in [0, 0.1) is 5.82 Å². The summed E-state index contributed by atoms with van der Waals surface area (Å²) in [5.74, 6) is -0.964. The molecule has 0 aromatic heterocycles. The zero-order valence-corrected chi connectivity index (χ0v) is 18.0. The second-order valence-electron chi connectivity index (χ2n) is 5.72. The lowest BCUT2D eigenvalue weighted by molar-refractivity contribution is 0.0889. The van der Waals surface area contributed by atoms with Crippen molar-refractivity contribution in [2.45, 2.75) is 31.1 Å². The van der Waals surface area contributed by atoms with E-state index in [-0.39, 0.29) is 9.92 Å². The van der Waals surface area contributed by atoms with Crippen LogP contribution in [-0.2, 0) is 10.0 Å². The largest absolute Gasteiger partial charge is 0.271 e. The smallest absolute Gasteiger partial charge is 0.270 e. The molecule has 28 heavy (non-hydrogen) atoms. The highest BCUT2D eigenvalue weighted by molar-refractivity contribution is 7.89. The highest BCUT2D eigenvalue weighted by Gasteiger charge is 2.24. The Labute approximate surface area is 175 Å². The molecular weight excluding hydrogens is 426 g/mol. The summed E-state index contributed by atoms with van der Waals surface area (Å²) in [5, 5.41) is -0.108. The van der Waals surface area contributed by atoms with E-state index in [1.165, 1.54) is 43.5 Å². The van der Waals surface area contributed by atoms with E-state index < -0.39 is 27.3 Å². The number of halogens is 3. The van der Waals surface area contributed by atoms with Crippen molar-refractivity contribution in [2.75, 3.05) is 12.9 Å². The van der Waals surface area contributed by atoms with Crippen LogP contribution in [0.1, 0.15) is 36.5 Å².